The SMILES string of the molecule is CCCCCCCCC(CCCCCCCC)n1c2ccc(-c3ccc(-c4ccc(-c5ccc(C(C)C)s5)c5nsnc45)s3)cc2c2cc(C(C)C)ccc21. The summed E-state index contributed by atoms with van der Waals surface area (Å²) in [5, 5.41) is 2.81. The molecule has 290 valence electrons. The predicted molar refractivity (Wildman–Crippen MR) is 246 cm³/mol. The summed E-state index contributed by atoms with van der Waals surface area (Å²) in [6, 6.07) is 28.8. The normalized spacial score (nSPS) is 12.2. The number of fused-ring (bicyclic) bond motifs is 4. The van der Waals surface area contributed by atoms with E-state index in [2.05, 4.69) is 119 Å². The lowest BCUT2D eigenvalue weighted by Gasteiger charge is -2.22. The summed E-state index contributed by atoms with van der Waals surface area (Å²) in [7, 11) is 0. The molecular formula is C49H61N3S3. The molecule has 4 heterocycles. The van der Waals surface area contributed by atoms with Gasteiger partial charge in [0.1, 0.15) is 11.0 Å². The molecule has 55 heavy (non-hydrogen) atoms. The third kappa shape index (κ3) is 8.97. The second-order valence-corrected chi connectivity index (χ2v) is 19.2. The van der Waals surface area contributed by atoms with Gasteiger partial charge in [0.05, 0.1) is 11.7 Å². The van der Waals surface area contributed by atoms with E-state index in [0.29, 0.717) is 17.9 Å². The topological polar surface area (TPSA) is 30.7 Å². The Hall–Kier alpha value is -3.32. The molecule has 0 atom stereocenters. The van der Waals surface area contributed by atoms with Crippen LogP contribution < -0.4 is 0 Å². The van der Waals surface area contributed by atoms with Gasteiger partial charge in [0.15, 0.2) is 0 Å². The number of nitrogens with zero attached hydrogens (tertiary/aromatic N) is 3. The molecule has 0 amide bonds. The van der Waals surface area contributed by atoms with Gasteiger partial charge in [-0.1, -0.05) is 143 Å². The summed E-state index contributed by atoms with van der Waals surface area (Å²) in [4.78, 5) is 5.23. The van der Waals surface area contributed by atoms with Crippen molar-refractivity contribution in [3.05, 3.63) is 83.2 Å². The molecule has 0 N–H and O–H groups in total. The molecule has 0 aliphatic heterocycles. The van der Waals surface area contributed by atoms with Gasteiger partial charge in [0.2, 0.25) is 0 Å². The van der Waals surface area contributed by atoms with Gasteiger partial charge in [0.25, 0.3) is 0 Å². The van der Waals surface area contributed by atoms with Crippen LogP contribution in [0.3, 0.4) is 0 Å². The fraction of sp³-hybridized carbons (Fsp3) is 0.469. The van der Waals surface area contributed by atoms with Gasteiger partial charge in [-0.05, 0) is 84.3 Å². The molecule has 4 aromatic heterocycles. The molecule has 0 bridgehead atoms. The number of aromatic nitrogens is 3. The molecule has 0 saturated heterocycles. The Morgan fingerprint density at radius 3 is 1.67 bits per heavy atom. The minimum absolute atomic E-state index is 0.494. The average molecular weight is 788 g/mol. The number of thiophene rings is 2. The number of rotatable bonds is 20. The summed E-state index contributed by atoms with van der Waals surface area (Å²) in [5.74, 6) is 1.02. The van der Waals surface area contributed by atoms with E-state index in [4.69, 9.17) is 8.75 Å². The van der Waals surface area contributed by atoms with Gasteiger partial charge < -0.3 is 4.57 Å². The van der Waals surface area contributed by atoms with Gasteiger partial charge in [-0.15, -0.1) is 22.7 Å². The molecule has 0 spiro atoms. The molecule has 7 rings (SSSR count). The summed E-state index contributed by atoms with van der Waals surface area (Å²) >= 11 is 5.07. The van der Waals surface area contributed by atoms with Gasteiger partial charge in [0, 0.05) is 58.5 Å². The van der Waals surface area contributed by atoms with Crippen LogP contribution in [0.5, 0.6) is 0 Å². The van der Waals surface area contributed by atoms with Crippen LogP contribution in [0, 0.1) is 0 Å². The predicted octanol–water partition coefficient (Wildman–Crippen LogP) is 17.2. The number of benzene rings is 3. The fourth-order valence-corrected chi connectivity index (χ4v) is 11.0. The first kappa shape index (κ1) is 39.9. The molecule has 0 fully saturated rings. The zero-order valence-electron chi connectivity index (χ0n) is 34.1. The quantitative estimate of drug-likeness (QED) is 0.0720. The summed E-state index contributed by atoms with van der Waals surface area (Å²) in [6.07, 6.45) is 18.7. The highest BCUT2D eigenvalue weighted by Crippen LogP contribution is 2.44. The lowest BCUT2D eigenvalue weighted by Crippen LogP contribution is -2.09. The lowest BCUT2D eigenvalue weighted by molar-refractivity contribution is 0.410. The Kier molecular flexibility index (Phi) is 13.6. The third-order valence-electron chi connectivity index (χ3n) is 11.7. The molecule has 3 aromatic carbocycles. The number of hydrogen-bond acceptors (Lipinski definition) is 5. The van der Waals surface area contributed by atoms with Crippen LogP contribution in [0.25, 0.3) is 64.2 Å². The largest absolute Gasteiger partial charge is 0.337 e. The molecule has 7 aromatic rings. The monoisotopic (exact) mass is 787 g/mol. The van der Waals surface area contributed by atoms with Gasteiger partial charge in [-0.25, -0.2) is 0 Å². The first-order valence-corrected chi connectivity index (χ1v) is 23.8. The van der Waals surface area contributed by atoms with Crippen molar-refractivity contribution in [1.82, 2.24) is 13.3 Å². The van der Waals surface area contributed by atoms with Crippen molar-refractivity contribution in [2.45, 2.75) is 149 Å². The summed E-state index contributed by atoms with van der Waals surface area (Å²) < 4.78 is 12.4. The van der Waals surface area contributed by atoms with E-state index in [1.54, 1.807) is 0 Å². The molecule has 6 heteroatoms. The molecule has 0 saturated carbocycles. The van der Waals surface area contributed by atoms with Crippen LogP contribution in [0.15, 0.2) is 72.8 Å². The van der Waals surface area contributed by atoms with E-state index in [0.717, 1.165) is 11.0 Å². The molecular weight excluding hydrogens is 727 g/mol. The average Bonchev–Trinajstić information content (AvgIpc) is 4.02. The summed E-state index contributed by atoms with van der Waals surface area (Å²) in [5.41, 5.74) is 9.93. The third-order valence-corrected chi connectivity index (χ3v) is 14.8. The van der Waals surface area contributed by atoms with Crippen LogP contribution in [0.1, 0.15) is 160 Å². The Labute approximate surface area is 342 Å². The van der Waals surface area contributed by atoms with Crippen molar-refractivity contribution in [3.8, 4) is 31.3 Å². The second-order valence-electron chi connectivity index (χ2n) is 16.4. The molecule has 0 radical (unpaired) electrons. The zero-order valence-corrected chi connectivity index (χ0v) is 36.6. The van der Waals surface area contributed by atoms with Crippen LogP contribution in [-0.4, -0.2) is 13.3 Å². The first-order chi connectivity index (χ1) is 26.9. The maximum Gasteiger partial charge on any atom is 0.114 e. The van der Waals surface area contributed by atoms with Crippen molar-refractivity contribution in [1.29, 1.82) is 0 Å². The van der Waals surface area contributed by atoms with Gasteiger partial charge in [-0.2, -0.15) is 8.75 Å². The number of unbranched alkanes of at least 4 members (excludes halogenated alkanes) is 10. The fourth-order valence-electron chi connectivity index (χ4n) is 8.41. The number of hydrogen-bond donors (Lipinski definition) is 0. The molecule has 0 aliphatic rings. The van der Waals surface area contributed by atoms with E-state index in [9.17, 15) is 0 Å². The van der Waals surface area contributed by atoms with Crippen LogP contribution in [-0.2, 0) is 0 Å². The van der Waals surface area contributed by atoms with E-state index < -0.39 is 0 Å². The zero-order chi connectivity index (χ0) is 38.3. The second kappa shape index (κ2) is 18.7. The lowest BCUT2D eigenvalue weighted by atomic mass is 9.99. The van der Waals surface area contributed by atoms with Crippen LogP contribution in [0.2, 0.25) is 0 Å². The van der Waals surface area contributed by atoms with E-state index >= 15 is 0 Å². The molecule has 0 aliphatic carbocycles. The highest BCUT2D eigenvalue weighted by Gasteiger charge is 2.21. The van der Waals surface area contributed by atoms with Crippen molar-refractivity contribution in [2.75, 3.05) is 0 Å². The van der Waals surface area contributed by atoms with Crippen molar-refractivity contribution >= 4 is 67.2 Å². The van der Waals surface area contributed by atoms with Crippen molar-refractivity contribution < 1.29 is 0 Å². The minimum atomic E-state index is 0.494. The minimum Gasteiger partial charge on any atom is -0.337 e. The first-order valence-electron chi connectivity index (χ1n) is 21.4. The van der Waals surface area contributed by atoms with Gasteiger partial charge in [-0.3, -0.25) is 0 Å². The van der Waals surface area contributed by atoms with Crippen molar-refractivity contribution in [3.63, 3.8) is 0 Å². The smallest absolute Gasteiger partial charge is 0.114 e. The van der Waals surface area contributed by atoms with E-state index in [1.165, 1.54) is 165 Å². The Morgan fingerprint density at radius 1 is 0.527 bits per heavy atom. The Bertz CT molecular complexity index is 2280. The van der Waals surface area contributed by atoms with E-state index in [-0.39, 0.29) is 0 Å². The highest BCUT2D eigenvalue weighted by atomic mass is 32.1. The standard InChI is InChI=1S/C49H61N3S3/c1-7-9-11-13-15-17-19-37(20-18-16-14-12-10-8-2)52-42-25-21-35(33(3)4)31-40(42)41-32-36(22-26-43(41)52)45-28-30-47(54-45)39-24-23-38(48-49(39)51-55-50-48)46-29-27-44(53-46)34(5)6/h21-34,37H,7-20H2,1-6H3. The van der Waals surface area contributed by atoms with Crippen molar-refractivity contribution in [2.24, 2.45) is 0 Å². The maximum absolute atomic E-state index is 4.84. The Balaban J connectivity index is 1.23. The summed E-state index contributed by atoms with van der Waals surface area (Å²) in [6.45, 7) is 13.8. The van der Waals surface area contributed by atoms with Crippen LogP contribution >= 0.6 is 34.4 Å². The van der Waals surface area contributed by atoms with Crippen LogP contribution in [0.4, 0.5) is 0 Å². The molecule has 0 unspecified atom stereocenters. The molecule has 3 nitrogen and oxygen atoms in total. The van der Waals surface area contributed by atoms with E-state index in [1.807, 2.05) is 22.7 Å². The Morgan fingerprint density at radius 2 is 1.07 bits per heavy atom. The highest BCUT2D eigenvalue weighted by molar-refractivity contribution is 7.19. The van der Waals surface area contributed by atoms with Gasteiger partial charge >= 0.3 is 0 Å². The maximum atomic E-state index is 4.84.